The standard InChI is InChI=1S/C9H17NO2S2/c1-7(9(11)12-2)10-5-8-6-13-3-4-14-8/h7-8,10H,3-6H2,1-2H3. The van der Waals surface area contributed by atoms with Crippen molar-refractivity contribution in [1.29, 1.82) is 0 Å². The quantitative estimate of drug-likeness (QED) is 0.736. The molecule has 1 heterocycles. The predicted octanol–water partition coefficient (Wildman–Crippen LogP) is 0.986. The largest absolute Gasteiger partial charge is 0.468 e. The van der Waals surface area contributed by atoms with E-state index in [9.17, 15) is 4.79 Å². The molecule has 0 aromatic heterocycles. The van der Waals surface area contributed by atoms with Crippen molar-refractivity contribution in [3.8, 4) is 0 Å². The van der Waals surface area contributed by atoms with Crippen molar-refractivity contribution in [2.45, 2.75) is 18.2 Å². The molecule has 0 aromatic rings. The first-order valence-corrected chi connectivity index (χ1v) is 6.95. The summed E-state index contributed by atoms with van der Waals surface area (Å²) in [6.45, 7) is 2.74. The second-order valence-corrected chi connectivity index (χ2v) is 5.78. The van der Waals surface area contributed by atoms with Crippen molar-refractivity contribution in [2.75, 3.05) is 30.9 Å². The molecule has 0 radical (unpaired) electrons. The van der Waals surface area contributed by atoms with Gasteiger partial charge in [0.05, 0.1) is 7.11 Å². The van der Waals surface area contributed by atoms with Gasteiger partial charge >= 0.3 is 5.97 Å². The van der Waals surface area contributed by atoms with Gasteiger partial charge in [-0.25, -0.2) is 0 Å². The van der Waals surface area contributed by atoms with Crippen LogP contribution in [-0.4, -0.2) is 48.2 Å². The Hall–Kier alpha value is 0.130. The van der Waals surface area contributed by atoms with Crippen LogP contribution in [0.5, 0.6) is 0 Å². The maximum absolute atomic E-state index is 11.1. The van der Waals surface area contributed by atoms with Crippen LogP contribution in [0, 0.1) is 0 Å². The summed E-state index contributed by atoms with van der Waals surface area (Å²) >= 11 is 3.98. The highest BCUT2D eigenvalue weighted by atomic mass is 32.2. The highest BCUT2D eigenvalue weighted by Gasteiger charge is 2.17. The minimum atomic E-state index is -0.187. The number of hydrogen-bond acceptors (Lipinski definition) is 5. The van der Waals surface area contributed by atoms with Crippen LogP contribution < -0.4 is 5.32 Å². The third-order valence-electron chi connectivity index (χ3n) is 2.09. The van der Waals surface area contributed by atoms with Crippen molar-refractivity contribution in [1.82, 2.24) is 5.32 Å². The first kappa shape index (κ1) is 12.2. The van der Waals surface area contributed by atoms with Crippen molar-refractivity contribution < 1.29 is 9.53 Å². The average molecular weight is 235 g/mol. The smallest absolute Gasteiger partial charge is 0.322 e. The average Bonchev–Trinajstić information content (AvgIpc) is 2.26. The van der Waals surface area contributed by atoms with Crippen LogP contribution >= 0.6 is 23.5 Å². The second kappa shape index (κ2) is 6.58. The summed E-state index contributed by atoms with van der Waals surface area (Å²) in [6.07, 6.45) is 0. The van der Waals surface area contributed by atoms with Crippen molar-refractivity contribution in [3.63, 3.8) is 0 Å². The van der Waals surface area contributed by atoms with Gasteiger partial charge < -0.3 is 10.1 Å². The fourth-order valence-corrected chi connectivity index (χ4v) is 3.85. The first-order chi connectivity index (χ1) is 6.74. The molecule has 14 heavy (non-hydrogen) atoms. The number of rotatable bonds is 4. The maximum Gasteiger partial charge on any atom is 0.322 e. The van der Waals surface area contributed by atoms with E-state index in [2.05, 4.69) is 10.1 Å². The van der Waals surface area contributed by atoms with E-state index in [0.717, 1.165) is 6.54 Å². The summed E-state index contributed by atoms with van der Waals surface area (Å²) in [5, 5.41) is 3.83. The third kappa shape index (κ3) is 4.11. The Morgan fingerprint density at radius 1 is 1.64 bits per heavy atom. The van der Waals surface area contributed by atoms with Gasteiger partial charge in [0.25, 0.3) is 0 Å². The normalized spacial score (nSPS) is 24.3. The number of thioether (sulfide) groups is 2. The van der Waals surface area contributed by atoms with Crippen LogP contribution in [0.15, 0.2) is 0 Å². The molecule has 82 valence electrons. The SMILES string of the molecule is COC(=O)C(C)NCC1CSCCS1. The summed E-state index contributed by atoms with van der Waals surface area (Å²) in [4.78, 5) is 11.1. The molecular formula is C9H17NO2S2. The molecular weight excluding hydrogens is 218 g/mol. The summed E-state index contributed by atoms with van der Waals surface area (Å²) in [7, 11) is 1.42. The van der Waals surface area contributed by atoms with E-state index < -0.39 is 0 Å². The molecule has 5 heteroatoms. The van der Waals surface area contributed by atoms with Crippen LogP contribution in [-0.2, 0) is 9.53 Å². The molecule has 0 bridgehead atoms. The summed E-state index contributed by atoms with van der Waals surface area (Å²) in [5.74, 6) is 3.49. The molecule has 1 N–H and O–H groups in total. The van der Waals surface area contributed by atoms with E-state index in [1.54, 1.807) is 0 Å². The van der Waals surface area contributed by atoms with Gasteiger partial charge in [0, 0.05) is 29.1 Å². The molecule has 1 rings (SSSR count). The molecule has 2 atom stereocenters. The van der Waals surface area contributed by atoms with Gasteiger partial charge in [0.1, 0.15) is 6.04 Å². The molecule has 1 aliphatic heterocycles. The lowest BCUT2D eigenvalue weighted by Gasteiger charge is -2.22. The number of carbonyl (C=O) groups is 1. The highest BCUT2D eigenvalue weighted by Crippen LogP contribution is 2.23. The van der Waals surface area contributed by atoms with Crippen molar-refractivity contribution >= 4 is 29.5 Å². The molecule has 2 unspecified atom stereocenters. The van der Waals surface area contributed by atoms with E-state index >= 15 is 0 Å². The third-order valence-corrected chi connectivity index (χ3v) is 4.94. The second-order valence-electron chi connectivity index (χ2n) is 3.22. The van der Waals surface area contributed by atoms with Crippen LogP contribution in [0.2, 0.25) is 0 Å². The van der Waals surface area contributed by atoms with Crippen LogP contribution in [0.4, 0.5) is 0 Å². The number of esters is 1. The lowest BCUT2D eigenvalue weighted by molar-refractivity contribution is -0.142. The van der Waals surface area contributed by atoms with E-state index in [1.165, 1.54) is 24.4 Å². The molecule has 1 saturated heterocycles. The Kier molecular flexibility index (Phi) is 5.74. The zero-order valence-corrected chi connectivity index (χ0v) is 10.2. The Bertz CT molecular complexity index is 184. The topological polar surface area (TPSA) is 38.3 Å². The number of hydrogen-bond donors (Lipinski definition) is 1. The molecule has 0 spiro atoms. The molecule has 0 saturated carbocycles. The van der Waals surface area contributed by atoms with Crippen LogP contribution in [0.25, 0.3) is 0 Å². The number of nitrogens with one attached hydrogen (secondary N) is 1. The van der Waals surface area contributed by atoms with Gasteiger partial charge in [-0.1, -0.05) is 0 Å². The molecule has 1 fully saturated rings. The van der Waals surface area contributed by atoms with Gasteiger partial charge in [0.2, 0.25) is 0 Å². The van der Waals surface area contributed by atoms with Gasteiger partial charge in [-0.05, 0) is 6.92 Å². The molecule has 0 aromatic carbocycles. The van der Waals surface area contributed by atoms with Gasteiger partial charge in [-0.2, -0.15) is 23.5 Å². The Morgan fingerprint density at radius 3 is 3.00 bits per heavy atom. The number of ether oxygens (including phenoxy) is 1. The molecule has 0 aliphatic carbocycles. The Morgan fingerprint density at radius 2 is 2.43 bits per heavy atom. The lowest BCUT2D eigenvalue weighted by atomic mass is 10.3. The maximum atomic E-state index is 11.1. The van der Waals surface area contributed by atoms with Crippen LogP contribution in [0.1, 0.15) is 6.92 Å². The van der Waals surface area contributed by atoms with E-state index in [-0.39, 0.29) is 12.0 Å². The minimum Gasteiger partial charge on any atom is -0.468 e. The first-order valence-electron chi connectivity index (χ1n) is 4.74. The zero-order valence-electron chi connectivity index (χ0n) is 8.62. The van der Waals surface area contributed by atoms with Gasteiger partial charge in [0.15, 0.2) is 0 Å². The Balaban J connectivity index is 2.15. The summed E-state index contributed by atoms with van der Waals surface area (Å²) in [5.41, 5.74) is 0. The molecule has 3 nitrogen and oxygen atoms in total. The van der Waals surface area contributed by atoms with Crippen molar-refractivity contribution in [2.24, 2.45) is 0 Å². The fraction of sp³-hybridized carbons (Fsp3) is 0.889. The highest BCUT2D eigenvalue weighted by molar-refractivity contribution is 8.06. The summed E-state index contributed by atoms with van der Waals surface area (Å²) < 4.78 is 4.64. The molecule has 0 amide bonds. The zero-order chi connectivity index (χ0) is 10.4. The van der Waals surface area contributed by atoms with Gasteiger partial charge in [-0.15, -0.1) is 0 Å². The summed E-state index contributed by atoms with van der Waals surface area (Å²) in [6, 6.07) is -0.187. The lowest BCUT2D eigenvalue weighted by Crippen LogP contribution is -2.40. The predicted molar refractivity (Wildman–Crippen MR) is 63.1 cm³/mol. The number of carbonyl (C=O) groups excluding carboxylic acids is 1. The molecule has 1 aliphatic rings. The van der Waals surface area contributed by atoms with E-state index in [0.29, 0.717) is 5.25 Å². The minimum absolute atomic E-state index is 0.182. The number of methoxy groups -OCH3 is 1. The van der Waals surface area contributed by atoms with Crippen LogP contribution in [0.3, 0.4) is 0 Å². The fourth-order valence-electron chi connectivity index (χ4n) is 1.22. The van der Waals surface area contributed by atoms with Gasteiger partial charge in [-0.3, -0.25) is 4.79 Å². The monoisotopic (exact) mass is 235 g/mol. The van der Waals surface area contributed by atoms with E-state index in [1.807, 2.05) is 30.4 Å². The Labute approximate surface area is 93.7 Å². The van der Waals surface area contributed by atoms with E-state index in [4.69, 9.17) is 0 Å². The van der Waals surface area contributed by atoms with Crippen molar-refractivity contribution in [3.05, 3.63) is 0 Å².